The van der Waals surface area contributed by atoms with Crippen LogP contribution < -0.4 is 11.1 Å². The standard InChI is InChI=1S/C14H18F2N2O/c15-11-5-4-10(8-12(11)16)18-13(19)9-14(17)6-2-1-3-7-14/h4-5,8H,1-3,6-7,9,17H2,(H,18,19). The highest BCUT2D eigenvalue weighted by molar-refractivity contribution is 5.91. The second-order valence-corrected chi connectivity index (χ2v) is 5.28. The van der Waals surface area contributed by atoms with Gasteiger partial charge in [-0.1, -0.05) is 19.3 Å². The molecule has 0 unspecified atom stereocenters. The minimum Gasteiger partial charge on any atom is -0.326 e. The Kier molecular flexibility index (Phi) is 4.14. The number of nitrogens with two attached hydrogens (primary N) is 1. The van der Waals surface area contributed by atoms with Crippen molar-refractivity contribution in [1.82, 2.24) is 0 Å². The molecule has 0 aliphatic heterocycles. The molecule has 0 aromatic heterocycles. The molecule has 1 amide bonds. The molecule has 1 aromatic carbocycles. The summed E-state index contributed by atoms with van der Waals surface area (Å²) >= 11 is 0. The van der Waals surface area contributed by atoms with Crippen molar-refractivity contribution in [2.75, 3.05) is 5.32 Å². The monoisotopic (exact) mass is 268 g/mol. The summed E-state index contributed by atoms with van der Waals surface area (Å²) in [5.41, 5.74) is 5.97. The summed E-state index contributed by atoms with van der Waals surface area (Å²) in [4.78, 5) is 11.9. The summed E-state index contributed by atoms with van der Waals surface area (Å²) < 4.78 is 25.8. The first-order valence-corrected chi connectivity index (χ1v) is 6.52. The topological polar surface area (TPSA) is 55.1 Å². The Balaban J connectivity index is 1.95. The van der Waals surface area contributed by atoms with E-state index in [0.29, 0.717) is 0 Å². The molecule has 1 fully saturated rings. The van der Waals surface area contributed by atoms with Crippen LogP contribution in [0.3, 0.4) is 0 Å². The summed E-state index contributed by atoms with van der Waals surface area (Å²) in [7, 11) is 0. The van der Waals surface area contributed by atoms with Crippen LogP contribution in [0.2, 0.25) is 0 Å². The number of hydrogen-bond acceptors (Lipinski definition) is 2. The van der Waals surface area contributed by atoms with E-state index in [9.17, 15) is 13.6 Å². The maximum absolute atomic E-state index is 13.0. The van der Waals surface area contributed by atoms with Gasteiger partial charge in [-0.2, -0.15) is 0 Å². The van der Waals surface area contributed by atoms with Gasteiger partial charge in [-0.05, 0) is 25.0 Å². The highest BCUT2D eigenvalue weighted by atomic mass is 19.2. The molecule has 19 heavy (non-hydrogen) atoms. The number of benzene rings is 1. The second-order valence-electron chi connectivity index (χ2n) is 5.28. The number of halogens is 2. The van der Waals surface area contributed by atoms with Crippen molar-refractivity contribution in [3.05, 3.63) is 29.8 Å². The molecular formula is C14H18F2N2O. The van der Waals surface area contributed by atoms with E-state index in [1.807, 2.05) is 0 Å². The van der Waals surface area contributed by atoms with E-state index in [0.717, 1.165) is 44.2 Å². The van der Waals surface area contributed by atoms with Gasteiger partial charge in [-0.3, -0.25) is 4.79 Å². The molecule has 3 nitrogen and oxygen atoms in total. The number of carbonyl (C=O) groups is 1. The van der Waals surface area contributed by atoms with E-state index in [2.05, 4.69) is 5.32 Å². The molecule has 1 saturated carbocycles. The van der Waals surface area contributed by atoms with Gasteiger partial charge in [0, 0.05) is 23.7 Å². The van der Waals surface area contributed by atoms with Crippen LogP contribution in [-0.2, 0) is 4.79 Å². The van der Waals surface area contributed by atoms with Gasteiger partial charge >= 0.3 is 0 Å². The van der Waals surface area contributed by atoms with Crippen molar-refractivity contribution >= 4 is 11.6 Å². The van der Waals surface area contributed by atoms with Crippen molar-refractivity contribution in [3.8, 4) is 0 Å². The average molecular weight is 268 g/mol. The SMILES string of the molecule is NC1(CC(=O)Nc2ccc(F)c(F)c2)CCCCC1. The second kappa shape index (κ2) is 5.65. The molecular weight excluding hydrogens is 250 g/mol. The lowest BCUT2D eigenvalue weighted by Crippen LogP contribution is -2.44. The summed E-state index contributed by atoms with van der Waals surface area (Å²) in [6.45, 7) is 0. The first-order chi connectivity index (χ1) is 8.98. The van der Waals surface area contributed by atoms with Crippen LogP contribution in [0, 0.1) is 11.6 Å². The van der Waals surface area contributed by atoms with Gasteiger partial charge in [-0.25, -0.2) is 8.78 Å². The van der Waals surface area contributed by atoms with E-state index in [1.54, 1.807) is 0 Å². The van der Waals surface area contributed by atoms with Gasteiger partial charge in [-0.15, -0.1) is 0 Å². The summed E-state index contributed by atoms with van der Waals surface area (Å²) in [5, 5.41) is 2.56. The third-order valence-electron chi connectivity index (χ3n) is 3.57. The Labute approximate surface area is 111 Å². The molecule has 5 heteroatoms. The van der Waals surface area contributed by atoms with Crippen LogP contribution in [0.1, 0.15) is 38.5 Å². The predicted octanol–water partition coefficient (Wildman–Crippen LogP) is 2.96. The van der Waals surface area contributed by atoms with E-state index >= 15 is 0 Å². The number of anilines is 1. The third-order valence-corrected chi connectivity index (χ3v) is 3.57. The minimum atomic E-state index is -0.974. The first kappa shape index (κ1) is 13.9. The molecule has 0 radical (unpaired) electrons. The molecule has 0 saturated heterocycles. The van der Waals surface area contributed by atoms with Crippen molar-refractivity contribution < 1.29 is 13.6 Å². The average Bonchev–Trinajstić information content (AvgIpc) is 2.34. The van der Waals surface area contributed by atoms with Crippen molar-refractivity contribution in [2.45, 2.75) is 44.1 Å². The Morgan fingerprint density at radius 2 is 1.89 bits per heavy atom. The highest BCUT2D eigenvalue weighted by Gasteiger charge is 2.29. The van der Waals surface area contributed by atoms with Gasteiger partial charge in [0.15, 0.2) is 11.6 Å². The molecule has 1 aliphatic rings. The van der Waals surface area contributed by atoms with E-state index in [1.165, 1.54) is 6.07 Å². The molecule has 0 spiro atoms. The number of rotatable bonds is 3. The van der Waals surface area contributed by atoms with E-state index < -0.39 is 17.2 Å². The fourth-order valence-corrected chi connectivity index (χ4v) is 2.53. The zero-order valence-corrected chi connectivity index (χ0v) is 10.7. The van der Waals surface area contributed by atoms with Crippen molar-refractivity contribution in [3.63, 3.8) is 0 Å². The van der Waals surface area contributed by atoms with E-state index in [-0.39, 0.29) is 18.0 Å². The molecule has 2 rings (SSSR count). The molecule has 3 N–H and O–H groups in total. The molecule has 0 bridgehead atoms. The zero-order chi connectivity index (χ0) is 13.9. The molecule has 0 heterocycles. The molecule has 1 aliphatic carbocycles. The maximum Gasteiger partial charge on any atom is 0.226 e. The quantitative estimate of drug-likeness (QED) is 0.885. The number of carbonyl (C=O) groups excluding carboxylic acids is 1. The maximum atomic E-state index is 13.0. The normalized spacial score (nSPS) is 18.1. The number of nitrogens with one attached hydrogen (secondary N) is 1. The predicted molar refractivity (Wildman–Crippen MR) is 69.6 cm³/mol. The van der Waals surface area contributed by atoms with Gasteiger partial charge in [0.1, 0.15) is 0 Å². The lowest BCUT2D eigenvalue weighted by atomic mass is 9.80. The van der Waals surface area contributed by atoms with Crippen LogP contribution in [0.4, 0.5) is 14.5 Å². The van der Waals surface area contributed by atoms with Crippen LogP contribution in [0.25, 0.3) is 0 Å². The van der Waals surface area contributed by atoms with Crippen molar-refractivity contribution in [2.24, 2.45) is 5.73 Å². The highest BCUT2D eigenvalue weighted by Crippen LogP contribution is 2.29. The zero-order valence-electron chi connectivity index (χ0n) is 10.7. The lowest BCUT2D eigenvalue weighted by Gasteiger charge is -2.32. The molecule has 1 aromatic rings. The van der Waals surface area contributed by atoms with Crippen LogP contribution in [-0.4, -0.2) is 11.4 Å². The Bertz CT molecular complexity index is 471. The smallest absolute Gasteiger partial charge is 0.226 e. The van der Waals surface area contributed by atoms with Crippen LogP contribution in [0.5, 0.6) is 0 Å². The van der Waals surface area contributed by atoms with Crippen LogP contribution >= 0.6 is 0 Å². The lowest BCUT2D eigenvalue weighted by molar-refractivity contribution is -0.117. The van der Waals surface area contributed by atoms with E-state index in [4.69, 9.17) is 5.73 Å². The van der Waals surface area contributed by atoms with Gasteiger partial charge in [0.2, 0.25) is 5.91 Å². The summed E-state index contributed by atoms with van der Waals surface area (Å²) in [5.74, 6) is -2.16. The summed E-state index contributed by atoms with van der Waals surface area (Å²) in [6, 6.07) is 3.29. The van der Waals surface area contributed by atoms with Gasteiger partial charge < -0.3 is 11.1 Å². The van der Waals surface area contributed by atoms with Crippen molar-refractivity contribution in [1.29, 1.82) is 0 Å². The minimum absolute atomic E-state index is 0.214. The van der Waals surface area contributed by atoms with Crippen LogP contribution in [0.15, 0.2) is 18.2 Å². The van der Waals surface area contributed by atoms with Gasteiger partial charge in [0.05, 0.1) is 0 Å². The molecule has 0 atom stereocenters. The summed E-state index contributed by atoms with van der Waals surface area (Å²) in [6.07, 6.45) is 5.11. The largest absolute Gasteiger partial charge is 0.326 e. The Morgan fingerprint density at radius 3 is 2.53 bits per heavy atom. The Morgan fingerprint density at radius 1 is 1.21 bits per heavy atom. The first-order valence-electron chi connectivity index (χ1n) is 6.52. The fraction of sp³-hybridized carbons (Fsp3) is 0.500. The fourth-order valence-electron chi connectivity index (χ4n) is 2.53. The third kappa shape index (κ3) is 3.73. The Hall–Kier alpha value is -1.49. The number of hydrogen-bond donors (Lipinski definition) is 2. The van der Waals surface area contributed by atoms with Gasteiger partial charge in [0.25, 0.3) is 0 Å². The molecule has 104 valence electrons. The number of amides is 1.